The van der Waals surface area contributed by atoms with Gasteiger partial charge in [-0.25, -0.2) is 9.97 Å². The van der Waals surface area contributed by atoms with Crippen LogP contribution < -0.4 is 9.47 Å². The molecule has 0 aliphatic heterocycles. The molecule has 0 spiro atoms. The Morgan fingerprint density at radius 3 is 2.13 bits per heavy atom. The van der Waals surface area contributed by atoms with Crippen LogP contribution in [0.15, 0.2) is 48.8 Å². The molecule has 5 heteroatoms. The number of hydrogen-bond donors (Lipinski definition) is 0. The fourth-order valence-electron chi connectivity index (χ4n) is 2.88. The van der Waals surface area contributed by atoms with Crippen molar-refractivity contribution in [3.05, 3.63) is 48.8 Å². The molecule has 0 fully saturated rings. The average Bonchev–Trinajstić information content (AvgIpc) is 2.79. The van der Waals surface area contributed by atoms with Crippen LogP contribution in [0.4, 0.5) is 0 Å². The summed E-state index contributed by atoms with van der Waals surface area (Å²) in [6.07, 6.45) is 15.4. The maximum atomic E-state index is 5.79. The fraction of sp³-hybridized carbons (Fsp3) is 0.520. The van der Waals surface area contributed by atoms with Gasteiger partial charge in [-0.2, -0.15) is 0 Å². The molecule has 0 N–H and O–H groups in total. The minimum atomic E-state index is 0.688. The van der Waals surface area contributed by atoms with E-state index < -0.39 is 0 Å². The molecule has 2 rings (SSSR count). The first-order valence-electron chi connectivity index (χ1n) is 11.2. The second-order valence-electron chi connectivity index (χ2n) is 7.20. The standard InChI is InChI=1S/C25H36N2O3/c1-3-5-6-7-8-9-18-30-24-20-26-25(27-21-24)22-12-14-23(15-13-22)29-19-11-10-17-28-16-4-2/h3,5,12-15,20-21H,4,6-11,16-19H2,1-2H3. The molecule has 0 amide bonds. The lowest BCUT2D eigenvalue weighted by molar-refractivity contribution is 0.127. The first-order valence-corrected chi connectivity index (χ1v) is 11.2. The molecule has 0 radical (unpaired) electrons. The van der Waals surface area contributed by atoms with Crippen LogP contribution in [-0.4, -0.2) is 36.4 Å². The Morgan fingerprint density at radius 2 is 1.43 bits per heavy atom. The number of hydrogen-bond acceptors (Lipinski definition) is 5. The van der Waals surface area contributed by atoms with Crippen LogP contribution in [0.2, 0.25) is 0 Å². The molecular weight excluding hydrogens is 376 g/mol. The smallest absolute Gasteiger partial charge is 0.159 e. The fourth-order valence-corrected chi connectivity index (χ4v) is 2.88. The van der Waals surface area contributed by atoms with Crippen LogP contribution in [-0.2, 0) is 4.74 Å². The lowest BCUT2D eigenvalue weighted by Crippen LogP contribution is -2.01. The maximum Gasteiger partial charge on any atom is 0.159 e. The molecule has 0 unspecified atom stereocenters. The molecule has 0 bridgehead atoms. The predicted octanol–water partition coefficient (Wildman–Crippen LogP) is 6.24. The summed E-state index contributed by atoms with van der Waals surface area (Å²) in [5, 5.41) is 0. The molecule has 0 aliphatic carbocycles. The summed E-state index contributed by atoms with van der Waals surface area (Å²) >= 11 is 0. The first-order chi connectivity index (χ1) is 14.8. The van der Waals surface area contributed by atoms with Crippen molar-refractivity contribution in [1.29, 1.82) is 0 Å². The molecular formula is C25H36N2O3. The minimum absolute atomic E-state index is 0.688. The van der Waals surface area contributed by atoms with Gasteiger partial charge in [0, 0.05) is 18.8 Å². The Hall–Kier alpha value is -2.40. The minimum Gasteiger partial charge on any atom is -0.494 e. The van der Waals surface area contributed by atoms with E-state index in [2.05, 4.69) is 36.0 Å². The summed E-state index contributed by atoms with van der Waals surface area (Å²) in [6, 6.07) is 7.90. The predicted molar refractivity (Wildman–Crippen MR) is 122 cm³/mol. The van der Waals surface area contributed by atoms with Gasteiger partial charge >= 0.3 is 0 Å². The van der Waals surface area contributed by atoms with Gasteiger partial charge < -0.3 is 14.2 Å². The van der Waals surface area contributed by atoms with Gasteiger partial charge in [0.2, 0.25) is 0 Å². The summed E-state index contributed by atoms with van der Waals surface area (Å²) < 4.78 is 17.0. The summed E-state index contributed by atoms with van der Waals surface area (Å²) in [5.41, 5.74) is 0.964. The maximum absolute atomic E-state index is 5.79. The molecule has 1 aromatic carbocycles. The van der Waals surface area contributed by atoms with Gasteiger partial charge in [0.25, 0.3) is 0 Å². The van der Waals surface area contributed by atoms with E-state index >= 15 is 0 Å². The van der Waals surface area contributed by atoms with E-state index in [0.717, 1.165) is 62.4 Å². The van der Waals surface area contributed by atoms with Gasteiger partial charge in [-0.15, -0.1) is 0 Å². The van der Waals surface area contributed by atoms with Crippen molar-refractivity contribution < 1.29 is 14.2 Å². The number of ether oxygens (including phenoxy) is 3. The molecule has 2 aromatic rings. The van der Waals surface area contributed by atoms with Gasteiger partial charge in [0.05, 0.1) is 25.6 Å². The van der Waals surface area contributed by atoms with Gasteiger partial charge in [-0.1, -0.05) is 19.1 Å². The number of aromatic nitrogens is 2. The van der Waals surface area contributed by atoms with E-state index in [4.69, 9.17) is 14.2 Å². The van der Waals surface area contributed by atoms with E-state index in [9.17, 15) is 0 Å². The lowest BCUT2D eigenvalue weighted by Gasteiger charge is -2.08. The van der Waals surface area contributed by atoms with Crippen LogP contribution >= 0.6 is 0 Å². The Balaban J connectivity index is 1.67. The van der Waals surface area contributed by atoms with Crippen LogP contribution in [0.5, 0.6) is 11.5 Å². The number of allylic oxidation sites excluding steroid dienone is 2. The largest absolute Gasteiger partial charge is 0.494 e. The lowest BCUT2D eigenvalue weighted by atomic mass is 10.2. The van der Waals surface area contributed by atoms with Crippen molar-refractivity contribution in [2.75, 3.05) is 26.4 Å². The average molecular weight is 413 g/mol. The molecule has 0 saturated carbocycles. The molecule has 30 heavy (non-hydrogen) atoms. The number of benzene rings is 1. The second-order valence-corrected chi connectivity index (χ2v) is 7.20. The number of unbranched alkanes of at least 4 members (excludes halogenated alkanes) is 4. The number of rotatable bonds is 16. The van der Waals surface area contributed by atoms with Gasteiger partial charge in [0.1, 0.15) is 5.75 Å². The van der Waals surface area contributed by atoms with Crippen molar-refractivity contribution in [3.63, 3.8) is 0 Å². The van der Waals surface area contributed by atoms with Crippen LogP contribution in [0, 0.1) is 0 Å². The molecule has 0 aliphatic rings. The van der Waals surface area contributed by atoms with Crippen LogP contribution in [0.25, 0.3) is 11.4 Å². The van der Waals surface area contributed by atoms with Crippen molar-refractivity contribution in [1.82, 2.24) is 9.97 Å². The van der Waals surface area contributed by atoms with Gasteiger partial charge in [-0.3, -0.25) is 0 Å². The van der Waals surface area contributed by atoms with Crippen molar-refractivity contribution in [3.8, 4) is 22.9 Å². The molecule has 0 saturated heterocycles. The monoisotopic (exact) mass is 412 g/mol. The van der Waals surface area contributed by atoms with E-state index in [1.807, 2.05) is 24.3 Å². The zero-order valence-corrected chi connectivity index (χ0v) is 18.5. The summed E-state index contributed by atoms with van der Waals surface area (Å²) in [7, 11) is 0. The third kappa shape index (κ3) is 9.88. The third-order valence-corrected chi connectivity index (χ3v) is 4.56. The SMILES string of the molecule is CC=CCCCCCOc1cnc(-c2ccc(OCCCCOCCC)cc2)nc1. The molecule has 0 atom stereocenters. The quantitative estimate of drug-likeness (QED) is 0.241. The molecule has 1 aromatic heterocycles. The topological polar surface area (TPSA) is 53.5 Å². The van der Waals surface area contributed by atoms with Gasteiger partial charge in [-0.05, 0) is 76.1 Å². The van der Waals surface area contributed by atoms with Crippen LogP contribution in [0.3, 0.4) is 0 Å². The van der Waals surface area contributed by atoms with E-state index in [-0.39, 0.29) is 0 Å². The normalized spacial score (nSPS) is 11.1. The highest BCUT2D eigenvalue weighted by molar-refractivity contribution is 5.56. The highest BCUT2D eigenvalue weighted by Crippen LogP contribution is 2.20. The van der Waals surface area contributed by atoms with Crippen LogP contribution in [0.1, 0.15) is 58.8 Å². The zero-order valence-electron chi connectivity index (χ0n) is 18.5. The van der Waals surface area contributed by atoms with Gasteiger partial charge in [0.15, 0.2) is 11.6 Å². The molecule has 164 valence electrons. The first kappa shape index (κ1) is 23.9. The van der Waals surface area contributed by atoms with E-state index in [1.54, 1.807) is 12.4 Å². The Bertz CT molecular complexity index is 699. The van der Waals surface area contributed by atoms with E-state index in [1.165, 1.54) is 12.8 Å². The highest BCUT2D eigenvalue weighted by Gasteiger charge is 2.03. The summed E-state index contributed by atoms with van der Waals surface area (Å²) in [5.74, 6) is 2.27. The molecule has 1 heterocycles. The Kier molecular flexibility index (Phi) is 12.3. The summed E-state index contributed by atoms with van der Waals surface area (Å²) in [6.45, 7) is 7.23. The molecule has 5 nitrogen and oxygen atoms in total. The highest BCUT2D eigenvalue weighted by atomic mass is 16.5. The number of nitrogens with zero attached hydrogens (tertiary/aromatic N) is 2. The van der Waals surface area contributed by atoms with E-state index in [0.29, 0.717) is 19.0 Å². The second kappa shape index (κ2) is 15.4. The third-order valence-electron chi connectivity index (χ3n) is 4.56. The summed E-state index contributed by atoms with van der Waals surface area (Å²) in [4.78, 5) is 8.86. The zero-order chi connectivity index (χ0) is 21.3. The van der Waals surface area contributed by atoms with Crippen molar-refractivity contribution >= 4 is 0 Å². The van der Waals surface area contributed by atoms with Crippen molar-refractivity contribution in [2.45, 2.75) is 58.8 Å². The van der Waals surface area contributed by atoms with Crippen molar-refractivity contribution in [2.24, 2.45) is 0 Å². The Labute approximate surface area is 181 Å². The Morgan fingerprint density at radius 1 is 0.767 bits per heavy atom.